The van der Waals surface area contributed by atoms with Gasteiger partial charge in [-0.25, -0.2) is 16.8 Å². The molecule has 3 N–H and O–H groups in total. The maximum Gasteiger partial charge on any atom is 0.416 e. The van der Waals surface area contributed by atoms with Crippen molar-refractivity contribution in [2.75, 3.05) is 12.4 Å². The number of hydrogen-bond donors (Lipinski definition) is 3. The van der Waals surface area contributed by atoms with Crippen molar-refractivity contribution in [2.24, 2.45) is 81.8 Å². The summed E-state index contributed by atoms with van der Waals surface area (Å²) >= 11 is 0. The Bertz CT molecular complexity index is 2790. The summed E-state index contributed by atoms with van der Waals surface area (Å²) in [6.45, 7) is 13.3. The Morgan fingerprint density at radius 2 is 1.06 bits per heavy atom. The molecule has 1 saturated heterocycles. The molecule has 82 heavy (non-hydrogen) atoms. The largest absolute Gasteiger partial charge is 0.416 e. The molecular weight excluding hydrogens is 1100 g/mol. The van der Waals surface area contributed by atoms with Crippen LogP contribution in [0.4, 0.5) is 26.3 Å². The molecule has 2 aromatic carbocycles. The highest BCUT2D eigenvalue weighted by atomic mass is 32.2. The van der Waals surface area contributed by atoms with E-state index in [1.54, 1.807) is 35.9 Å². The summed E-state index contributed by atoms with van der Waals surface area (Å²) in [7, 11) is -7.27. The molecule has 0 aromatic heterocycles. The van der Waals surface area contributed by atoms with Gasteiger partial charge < -0.3 is 20.1 Å². The highest BCUT2D eigenvalue weighted by molar-refractivity contribution is 7.92. The molecule has 16 heteroatoms. The third-order valence-corrected chi connectivity index (χ3v) is 27.6. The number of benzene rings is 2. The smallest absolute Gasteiger partial charge is 0.390 e. The first kappa shape index (κ1) is 63.7. The van der Waals surface area contributed by atoms with Gasteiger partial charge in [-0.3, -0.25) is 0 Å². The first-order valence-corrected chi connectivity index (χ1v) is 34.5. The van der Waals surface area contributed by atoms with Crippen molar-refractivity contribution >= 4 is 19.7 Å². The second kappa shape index (κ2) is 24.4. The highest BCUT2D eigenvalue weighted by Crippen LogP contribution is 2.67. The third kappa shape index (κ3) is 13.2. The van der Waals surface area contributed by atoms with Gasteiger partial charge in [-0.05, 0) is 241 Å². The molecule has 6 saturated carbocycles. The Hall–Kier alpha value is -2.76. The maximum absolute atomic E-state index is 13.6. The van der Waals surface area contributed by atoms with E-state index in [0.29, 0.717) is 51.7 Å². The van der Waals surface area contributed by atoms with E-state index in [2.05, 4.69) is 51.5 Å². The number of ether oxygens (including phenoxy) is 1. The lowest BCUT2D eigenvalue weighted by molar-refractivity contribution is -0.205. The van der Waals surface area contributed by atoms with Crippen LogP contribution < -0.4 is 0 Å². The number of epoxide rings is 1. The Morgan fingerprint density at radius 1 is 0.610 bits per heavy atom. The maximum atomic E-state index is 13.6. The van der Waals surface area contributed by atoms with E-state index < -0.39 is 67.1 Å². The van der Waals surface area contributed by atoms with Gasteiger partial charge in [-0.15, -0.1) is 0 Å². The summed E-state index contributed by atoms with van der Waals surface area (Å²) in [4.78, 5) is 0.473. The number of alkyl halides is 6. The van der Waals surface area contributed by atoms with Crippen molar-refractivity contribution in [2.45, 2.75) is 227 Å². The molecule has 1 unspecified atom stereocenters. The van der Waals surface area contributed by atoms with E-state index >= 15 is 0 Å². The molecule has 1 aliphatic heterocycles. The topological polar surface area (TPSA) is 142 Å². The van der Waals surface area contributed by atoms with Crippen LogP contribution in [0.1, 0.15) is 176 Å². The van der Waals surface area contributed by atoms with E-state index in [-0.39, 0.29) is 40.9 Å². The number of allylic oxidation sites excluding steroid dienone is 2. The molecular formula is C66H94F6O8S2. The summed E-state index contributed by atoms with van der Waals surface area (Å²) in [5.41, 5.74) is 2.35. The zero-order chi connectivity index (χ0) is 59.4. The molecule has 7 fully saturated rings. The van der Waals surface area contributed by atoms with Crippen LogP contribution in [0.25, 0.3) is 0 Å². The Balaban J connectivity index is 0.000000178. The van der Waals surface area contributed by atoms with Crippen molar-refractivity contribution < 1.29 is 63.2 Å². The predicted molar refractivity (Wildman–Crippen MR) is 308 cm³/mol. The van der Waals surface area contributed by atoms with Crippen LogP contribution in [-0.4, -0.2) is 85.5 Å². The second-order valence-electron chi connectivity index (χ2n) is 27.9. The van der Waals surface area contributed by atoms with Gasteiger partial charge in [0.1, 0.15) is 0 Å². The van der Waals surface area contributed by atoms with Gasteiger partial charge >= 0.3 is 12.4 Å². The fourth-order valence-corrected chi connectivity index (χ4v) is 22.3. The number of aliphatic hydroxyl groups excluding tert-OH is 1. The van der Waals surface area contributed by atoms with E-state index in [1.165, 1.54) is 49.8 Å². The standard InChI is InChI=1S/C33H47F3O4S.C30H44O3S.C3H3F3O/c1-4-32(38)17-15-25-22(20-32)10-11-27-26(25)14-16-31(3)28(12-13-29(27)31)21(2)18-24(19-30(37)33(34,35)36)41(39,40)23-8-6-5-7-9-23;1-4-30(31)18-15-24-22(20-30)10-11-26-25(24)14-17-29(3)27(12-13-28(26)29)21(2)16-19-34(32,33)23-8-6-5-7-9-23;4-3(5,6)2-1-7-2/h5-10,21,24-30,37-38H,4,11-20H2,1-3H3;5-10,21,24-28,31H,4,11-20H2,1-3H3;2H,1H2/t21-,24?,25+,26-,27-,28-,29+,30+,31-,32+;21-,24+,25-,26-,27-,28+,29-,30+;2-/m110/s1. The van der Waals surface area contributed by atoms with E-state index in [0.717, 1.165) is 108 Å². The van der Waals surface area contributed by atoms with Crippen LogP contribution in [0.3, 0.4) is 0 Å². The van der Waals surface area contributed by atoms with E-state index in [1.807, 2.05) is 25.1 Å². The summed E-state index contributed by atoms with van der Waals surface area (Å²) in [6, 6.07) is 16.7. The van der Waals surface area contributed by atoms with E-state index in [9.17, 15) is 58.5 Å². The van der Waals surface area contributed by atoms with Crippen LogP contribution >= 0.6 is 0 Å². The molecule has 11 rings (SSSR count). The normalized spacial score (nSPS) is 38.3. The predicted octanol–water partition coefficient (Wildman–Crippen LogP) is 15.3. The van der Waals surface area contributed by atoms with Gasteiger partial charge in [0, 0.05) is 0 Å². The molecule has 0 amide bonds. The van der Waals surface area contributed by atoms with Gasteiger partial charge in [0.25, 0.3) is 0 Å². The molecule has 0 spiro atoms. The van der Waals surface area contributed by atoms with E-state index in [4.69, 9.17) is 0 Å². The summed E-state index contributed by atoms with van der Waals surface area (Å²) < 4.78 is 130. The number of fused-ring (bicyclic) bond motifs is 10. The van der Waals surface area contributed by atoms with Crippen LogP contribution in [0.15, 0.2) is 93.8 Å². The Morgan fingerprint density at radius 3 is 1.48 bits per heavy atom. The number of sulfone groups is 2. The molecule has 9 aliphatic rings. The fraction of sp³-hybridized carbons (Fsp3) is 0.758. The molecule has 0 radical (unpaired) electrons. The van der Waals surface area contributed by atoms with Crippen LogP contribution in [0, 0.1) is 81.8 Å². The molecule has 1 heterocycles. The van der Waals surface area contributed by atoms with Crippen molar-refractivity contribution in [3.8, 4) is 0 Å². The van der Waals surface area contributed by atoms with Crippen molar-refractivity contribution in [3.05, 3.63) is 84.0 Å². The van der Waals surface area contributed by atoms with Crippen LogP contribution in [0.5, 0.6) is 0 Å². The number of hydrogen-bond acceptors (Lipinski definition) is 8. The average Bonchev–Trinajstić information content (AvgIpc) is 3.34. The molecule has 8 nitrogen and oxygen atoms in total. The van der Waals surface area contributed by atoms with Gasteiger partial charge in [0.2, 0.25) is 0 Å². The number of aliphatic hydroxyl groups is 3. The van der Waals surface area contributed by atoms with Gasteiger partial charge in [0.15, 0.2) is 31.9 Å². The summed E-state index contributed by atoms with van der Waals surface area (Å²) in [5.74, 6) is 6.78. The number of rotatable bonds is 14. The van der Waals surface area contributed by atoms with Crippen molar-refractivity contribution in [3.63, 3.8) is 0 Å². The quantitative estimate of drug-likeness (QED) is 0.0965. The fourth-order valence-electron chi connectivity index (χ4n) is 18.9. The molecule has 19 atom stereocenters. The zero-order valence-electron chi connectivity index (χ0n) is 49.3. The summed E-state index contributed by atoms with van der Waals surface area (Å²) in [5, 5.41) is 30.5. The second-order valence-corrected chi connectivity index (χ2v) is 32.2. The molecule has 460 valence electrons. The molecule has 8 aliphatic carbocycles. The Kier molecular flexibility index (Phi) is 19.0. The minimum Gasteiger partial charge on any atom is -0.390 e. The zero-order valence-corrected chi connectivity index (χ0v) is 51.0. The highest BCUT2D eigenvalue weighted by Gasteiger charge is 2.60. The van der Waals surface area contributed by atoms with Gasteiger partial charge in [-0.1, -0.05) is 101 Å². The lowest BCUT2D eigenvalue weighted by Gasteiger charge is -2.55. The Labute approximate surface area is 486 Å². The van der Waals surface area contributed by atoms with Gasteiger partial charge in [-0.2, -0.15) is 26.3 Å². The van der Waals surface area contributed by atoms with Crippen LogP contribution in [0.2, 0.25) is 0 Å². The SMILES string of the molecule is CC[C@]1(O)CC[C@H]2C(=CC[C@@H]3[C@@H]2CC[C@]2(C)[C@@H]([C@H](C)CC(C[C@H](O)C(F)(F)F)S(=O)(=O)c4ccccc4)CC[C@@H]32)C1.CC[C@]1(O)CC[C@H]2C(=CC[C@@H]3[C@@H]2CC[C@]2(C)[C@@H]([C@H](C)CCS(=O)(=O)c4ccccc4)CC[C@@H]32)C1.FC(F)(F)[C@@H]1CO1. The number of halogens is 6. The monoisotopic (exact) mass is 1190 g/mol. The lowest BCUT2D eigenvalue weighted by Crippen LogP contribution is -2.48. The first-order chi connectivity index (χ1) is 38.5. The molecule has 2 aromatic rings. The minimum atomic E-state index is -4.87. The van der Waals surface area contributed by atoms with Crippen molar-refractivity contribution in [1.29, 1.82) is 0 Å². The van der Waals surface area contributed by atoms with Crippen molar-refractivity contribution in [1.82, 2.24) is 0 Å². The first-order valence-electron chi connectivity index (χ1n) is 31.3. The lowest BCUT2D eigenvalue weighted by atomic mass is 9.50. The summed E-state index contributed by atoms with van der Waals surface area (Å²) in [6.07, 6.45) is 10.8. The van der Waals surface area contributed by atoms with Crippen LogP contribution in [-0.2, 0) is 24.4 Å². The molecule has 0 bridgehead atoms. The minimum absolute atomic E-state index is 0.00911. The third-order valence-electron chi connectivity index (χ3n) is 23.7. The average molecular weight is 1190 g/mol. The van der Waals surface area contributed by atoms with Gasteiger partial charge in [0.05, 0.1) is 38.6 Å².